The summed E-state index contributed by atoms with van der Waals surface area (Å²) in [6, 6.07) is 0. The molecule has 1 rings (SSSR count). The molecule has 0 bridgehead atoms. The van der Waals surface area contributed by atoms with Crippen LogP contribution < -0.4 is 11.1 Å². The molecule has 0 fully saturated rings. The second-order valence-electron chi connectivity index (χ2n) is 4.31. The van der Waals surface area contributed by atoms with Gasteiger partial charge in [-0.15, -0.1) is 0 Å². The zero-order valence-corrected chi connectivity index (χ0v) is 11.5. The number of rotatable bonds is 5. The van der Waals surface area contributed by atoms with Crippen LogP contribution in [0.3, 0.4) is 0 Å². The van der Waals surface area contributed by atoms with Crippen LogP contribution in [0.25, 0.3) is 0 Å². The Morgan fingerprint density at radius 3 is 2.95 bits per heavy atom. The lowest BCUT2D eigenvalue weighted by Gasteiger charge is -2.07. The second kappa shape index (κ2) is 8.07. The van der Waals surface area contributed by atoms with Crippen LogP contribution in [0.5, 0.6) is 0 Å². The molecule has 0 radical (unpaired) electrons. The van der Waals surface area contributed by atoms with Crippen molar-refractivity contribution in [1.82, 2.24) is 5.32 Å². The van der Waals surface area contributed by atoms with E-state index in [1.807, 2.05) is 0 Å². The molecule has 3 N–H and O–H groups in total. The van der Waals surface area contributed by atoms with E-state index >= 15 is 0 Å². The van der Waals surface area contributed by atoms with Crippen LogP contribution in [0.15, 0.2) is 71.8 Å². The van der Waals surface area contributed by atoms with Gasteiger partial charge in [-0.1, -0.05) is 30.9 Å². The summed E-state index contributed by atoms with van der Waals surface area (Å²) >= 11 is 0. The summed E-state index contributed by atoms with van der Waals surface area (Å²) in [6.45, 7) is 5.73. The molecule has 4 heteroatoms. The van der Waals surface area contributed by atoms with Gasteiger partial charge >= 0.3 is 0 Å². The van der Waals surface area contributed by atoms with E-state index in [4.69, 9.17) is 5.73 Å². The summed E-state index contributed by atoms with van der Waals surface area (Å²) in [5.74, 6) is -0.608. The lowest BCUT2D eigenvalue weighted by molar-refractivity contribution is -0.116. The SMILES string of the molecule is C=C/C=C(/C=C(\C)NC(=O)C1=CC=C(F)C=CC1)CN. The molecule has 1 amide bonds. The standard InChI is InChI=1S/C16H19FN2O/c1-3-5-13(11-18)10-12(2)19-16(20)14-6-4-7-15(17)9-8-14/h3-5,7-10H,1,6,11,18H2,2H3,(H,19,20)/b12-10+,13-5-. The molecule has 1 aliphatic rings. The zero-order valence-electron chi connectivity index (χ0n) is 11.5. The van der Waals surface area contributed by atoms with E-state index in [0.29, 0.717) is 24.2 Å². The minimum absolute atomic E-state index is 0.246. The fourth-order valence-corrected chi connectivity index (χ4v) is 1.67. The predicted molar refractivity (Wildman–Crippen MR) is 80.3 cm³/mol. The van der Waals surface area contributed by atoms with Crippen LogP contribution >= 0.6 is 0 Å². The molecule has 0 heterocycles. The lowest BCUT2D eigenvalue weighted by atomic mass is 10.1. The highest BCUT2D eigenvalue weighted by Crippen LogP contribution is 2.12. The largest absolute Gasteiger partial charge is 0.326 e. The van der Waals surface area contributed by atoms with Crippen molar-refractivity contribution in [3.05, 3.63) is 71.8 Å². The Balaban J connectivity index is 2.76. The van der Waals surface area contributed by atoms with Crippen molar-refractivity contribution >= 4 is 5.91 Å². The van der Waals surface area contributed by atoms with Gasteiger partial charge in [-0.3, -0.25) is 4.79 Å². The third kappa shape index (κ3) is 5.20. The van der Waals surface area contributed by atoms with Gasteiger partial charge < -0.3 is 11.1 Å². The maximum atomic E-state index is 13.0. The molecule has 0 aromatic carbocycles. The first kappa shape index (κ1) is 15.9. The molecule has 3 nitrogen and oxygen atoms in total. The highest BCUT2D eigenvalue weighted by Gasteiger charge is 2.09. The quantitative estimate of drug-likeness (QED) is 0.757. The zero-order chi connectivity index (χ0) is 15.0. The van der Waals surface area contributed by atoms with E-state index in [2.05, 4.69) is 11.9 Å². The second-order valence-corrected chi connectivity index (χ2v) is 4.31. The summed E-state index contributed by atoms with van der Waals surface area (Å²) in [7, 11) is 0. The number of nitrogens with two attached hydrogens (primary N) is 1. The van der Waals surface area contributed by atoms with Crippen molar-refractivity contribution in [1.29, 1.82) is 0 Å². The molecule has 1 aliphatic carbocycles. The van der Waals surface area contributed by atoms with Gasteiger partial charge in [0.2, 0.25) is 0 Å². The van der Waals surface area contributed by atoms with Crippen LogP contribution in [0, 0.1) is 0 Å². The van der Waals surface area contributed by atoms with Gasteiger partial charge in [-0.2, -0.15) is 0 Å². The van der Waals surface area contributed by atoms with Gasteiger partial charge in [0.05, 0.1) is 0 Å². The first-order valence-corrected chi connectivity index (χ1v) is 6.31. The Hall–Kier alpha value is -2.20. The summed E-state index contributed by atoms with van der Waals surface area (Å²) < 4.78 is 13.0. The molecular weight excluding hydrogens is 255 g/mol. The van der Waals surface area contributed by atoms with Gasteiger partial charge in [0, 0.05) is 17.8 Å². The molecule has 0 unspecified atom stereocenters. The number of carbonyl (C=O) groups excluding carboxylic acids is 1. The fourth-order valence-electron chi connectivity index (χ4n) is 1.67. The smallest absolute Gasteiger partial charge is 0.251 e. The van der Waals surface area contributed by atoms with E-state index < -0.39 is 0 Å². The van der Waals surface area contributed by atoms with E-state index in [1.165, 1.54) is 18.2 Å². The Bertz CT molecular complexity index is 537. The number of carbonyl (C=O) groups is 1. The molecule has 0 saturated heterocycles. The van der Waals surface area contributed by atoms with Crippen molar-refractivity contribution in [2.24, 2.45) is 5.73 Å². The normalized spacial score (nSPS) is 16.1. The maximum absolute atomic E-state index is 13.0. The van der Waals surface area contributed by atoms with Crippen LogP contribution in [-0.4, -0.2) is 12.5 Å². The van der Waals surface area contributed by atoms with E-state index in [-0.39, 0.29) is 11.7 Å². The van der Waals surface area contributed by atoms with Gasteiger partial charge in [0.25, 0.3) is 5.91 Å². The average Bonchev–Trinajstić information content (AvgIpc) is 2.63. The molecule has 0 spiro atoms. The first-order chi connectivity index (χ1) is 9.56. The number of amides is 1. The van der Waals surface area contributed by atoms with Crippen molar-refractivity contribution < 1.29 is 9.18 Å². The Morgan fingerprint density at radius 1 is 1.55 bits per heavy atom. The van der Waals surface area contributed by atoms with Gasteiger partial charge in [0.1, 0.15) is 5.83 Å². The number of allylic oxidation sites excluding steroid dienone is 8. The van der Waals surface area contributed by atoms with Gasteiger partial charge in [-0.05, 0) is 37.1 Å². The molecule has 0 aliphatic heterocycles. The number of halogens is 1. The van der Waals surface area contributed by atoms with E-state index in [0.717, 1.165) is 5.57 Å². The third-order valence-corrected chi connectivity index (χ3v) is 2.63. The Morgan fingerprint density at radius 2 is 2.30 bits per heavy atom. The van der Waals surface area contributed by atoms with Crippen LogP contribution in [-0.2, 0) is 4.79 Å². The molecule has 0 saturated carbocycles. The number of hydrogen-bond acceptors (Lipinski definition) is 2. The summed E-state index contributed by atoms with van der Waals surface area (Å²) in [5.41, 5.74) is 7.61. The summed E-state index contributed by atoms with van der Waals surface area (Å²) in [5, 5.41) is 2.75. The van der Waals surface area contributed by atoms with Crippen molar-refractivity contribution in [3.8, 4) is 0 Å². The minimum Gasteiger partial charge on any atom is -0.326 e. The minimum atomic E-state index is -0.362. The highest BCUT2D eigenvalue weighted by molar-refractivity contribution is 5.95. The third-order valence-electron chi connectivity index (χ3n) is 2.63. The molecule has 0 aromatic heterocycles. The fraction of sp³-hybridized carbons (Fsp3) is 0.188. The van der Waals surface area contributed by atoms with Gasteiger partial charge in [-0.25, -0.2) is 4.39 Å². The maximum Gasteiger partial charge on any atom is 0.251 e. The van der Waals surface area contributed by atoms with Crippen LogP contribution in [0.2, 0.25) is 0 Å². The van der Waals surface area contributed by atoms with E-state index in [9.17, 15) is 9.18 Å². The predicted octanol–water partition coefficient (Wildman–Crippen LogP) is 2.82. The molecule has 106 valence electrons. The number of hydrogen-bond donors (Lipinski definition) is 2. The highest BCUT2D eigenvalue weighted by atomic mass is 19.1. The Labute approximate surface area is 118 Å². The van der Waals surface area contributed by atoms with E-state index in [1.54, 1.807) is 31.2 Å². The molecular formula is C16H19FN2O. The summed E-state index contributed by atoms with van der Waals surface area (Å²) in [6.07, 6.45) is 11.3. The van der Waals surface area contributed by atoms with Crippen LogP contribution in [0.4, 0.5) is 4.39 Å². The monoisotopic (exact) mass is 274 g/mol. The van der Waals surface area contributed by atoms with Crippen molar-refractivity contribution in [3.63, 3.8) is 0 Å². The van der Waals surface area contributed by atoms with Crippen molar-refractivity contribution in [2.45, 2.75) is 13.3 Å². The first-order valence-electron chi connectivity index (χ1n) is 6.31. The molecule has 0 aromatic rings. The number of nitrogens with one attached hydrogen (secondary N) is 1. The van der Waals surface area contributed by atoms with Crippen molar-refractivity contribution in [2.75, 3.05) is 6.54 Å². The Kier molecular flexibility index (Phi) is 6.40. The van der Waals surface area contributed by atoms with Gasteiger partial charge in [0.15, 0.2) is 0 Å². The topological polar surface area (TPSA) is 55.1 Å². The average molecular weight is 274 g/mol. The van der Waals surface area contributed by atoms with Crippen LogP contribution in [0.1, 0.15) is 13.3 Å². The molecule has 20 heavy (non-hydrogen) atoms. The molecule has 0 atom stereocenters. The lowest BCUT2D eigenvalue weighted by Crippen LogP contribution is -2.23. The summed E-state index contributed by atoms with van der Waals surface area (Å²) in [4.78, 5) is 12.0.